The summed E-state index contributed by atoms with van der Waals surface area (Å²) in [4.78, 5) is 3.90. The Hall–Kier alpha value is -1.18. The second kappa shape index (κ2) is 5.95. The van der Waals surface area contributed by atoms with E-state index in [1.165, 1.54) is 0 Å². The topological polar surface area (TPSA) is 60.2 Å². The predicted molar refractivity (Wildman–Crippen MR) is 55.9 cm³/mol. The average Bonchev–Trinajstić information content (AvgIpc) is 2.24. The van der Waals surface area contributed by atoms with Crippen molar-refractivity contribution < 1.29 is 17.9 Å². The number of halogens is 3. The summed E-state index contributed by atoms with van der Waals surface area (Å²) in [6, 6.07) is 1.25. The van der Waals surface area contributed by atoms with Gasteiger partial charge in [0.25, 0.3) is 0 Å². The fraction of sp³-hybridized carbons (Fsp3) is 0.500. The van der Waals surface area contributed by atoms with E-state index in [1.807, 2.05) is 6.92 Å². The molecule has 0 saturated carbocycles. The van der Waals surface area contributed by atoms with Gasteiger partial charge in [0.05, 0.1) is 12.6 Å². The molecule has 0 fully saturated rings. The Labute approximate surface area is 96.9 Å². The largest absolute Gasteiger partial charge is 0.411 e. The van der Waals surface area contributed by atoms with Crippen LogP contribution in [0.1, 0.15) is 17.2 Å². The molecular weight excluding hydrogens is 235 g/mol. The van der Waals surface area contributed by atoms with Crippen molar-refractivity contribution in [2.45, 2.75) is 19.1 Å². The van der Waals surface area contributed by atoms with E-state index < -0.39 is 18.8 Å². The zero-order chi connectivity index (χ0) is 12.9. The van der Waals surface area contributed by atoms with Crippen LogP contribution >= 0.6 is 0 Å². The molecule has 96 valence electrons. The molecule has 4 nitrogen and oxygen atoms in total. The van der Waals surface area contributed by atoms with Gasteiger partial charge in [-0.15, -0.1) is 0 Å². The first kappa shape index (κ1) is 13.9. The van der Waals surface area contributed by atoms with E-state index in [4.69, 9.17) is 5.84 Å². The monoisotopic (exact) mass is 249 g/mol. The number of aromatic nitrogens is 1. The van der Waals surface area contributed by atoms with Crippen LogP contribution in [0.4, 0.5) is 13.2 Å². The van der Waals surface area contributed by atoms with Crippen LogP contribution in [0.3, 0.4) is 0 Å². The van der Waals surface area contributed by atoms with Crippen molar-refractivity contribution >= 4 is 0 Å². The minimum Gasteiger partial charge on any atom is -0.370 e. The Bertz CT molecular complexity index is 357. The van der Waals surface area contributed by atoms with Crippen LogP contribution in [-0.4, -0.2) is 24.4 Å². The maximum atomic E-state index is 11.9. The molecule has 1 atom stereocenters. The minimum absolute atomic E-state index is 0.164. The second-order valence-electron chi connectivity index (χ2n) is 3.58. The predicted octanol–water partition coefficient (Wildman–Crippen LogP) is 1.47. The summed E-state index contributed by atoms with van der Waals surface area (Å²) in [7, 11) is 0. The summed E-state index contributed by atoms with van der Waals surface area (Å²) >= 11 is 0. The molecule has 0 spiro atoms. The van der Waals surface area contributed by atoms with Crippen LogP contribution in [0.25, 0.3) is 0 Å². The van der Waals surface area contributed by atoms with Gasteiger partial charge in [0.2, 0.25) is 0 Å². The van der Waals surface area contributed by atoms with E-state index in [1.54, 1.807) is 18.5 Å². The third-order valence-electron chi connectivity index (χ3n) is 2.21. The number of hydrogen-bond acceptors (Lipinski definition) is 4. The first-order valence-corrected chi connectivity index (χ1v) is 4.95. The van der Waals surface area contributed by atoms with Gasteiger partial charge in [0, 0.05) is 12.4 Å². The van der Waals surface area contributed by atoms with Crippen molar-refractivity contribution in [3.05, 3.63) is 29.6 Å². The number of ether oxygens (including phenoxy) is 1. The van der Waals surface area contributed by atoms with Crippen LogP contribution in [0, 0.1) is 6.92 Å². The van der Waals surface area contributed by atoms with Gasteiger partial charge >= 0.3 is 6.18 Å². The summed E-state index contributed by atoms with van der Waals surface area (Å²) in [6.45, 7) is 0.373. The number of alkyl halides is 3. The van der Waals surface area contributed by atoms with Crippen molar-refractivity contribution in [1.82, 2.24) is 10.4 Å². The lowest BCUT2D eigenvalue weighted by molar-refractivity contribution is -0.175. The smallest absolute Gasteiger partial charge is 0.370 e. The lowest BCUT2D eigenvalue weighted by atomic mass is 10.1. The van der Waals surface area contributed by atoms with E-state index in [0.717, 1.165) is 11.1 Å². The highest BCUT2D eigenvalue weighted by molar-refractivity contribution is 5.24. The number of nitrogens with zero attached hydrogens (tertiary/aromatic N) is 1. The maximum absolute atomic E-state index is 11.9. The van der Waals surface area contributed by atoms with E-state index in [9.17, 15) is 13.2 Å². The van der Waals surface area contributed by atoms with Gasteiger partial charge in [0.1, 0.15) is 6.61 Å². The molecule has 3 N–H and O–H groups in total. The third-order valence-corrected chi connectivity index (χ3v) is 2.21. The molecule has 0 amide bonds. The molecule has 0 saturated heterocycles. The zero-order valence-electron chi connectivity index (χ0n) is 9.29. The van der Waals surface area contributed by atoms with E-state index >= 15 is 0 Å². The number of hydrogen-bond donors (Lipinski definition) is 2. The highest BCUT2D eigenvalue weighted by Gasteiger charge is 2.28. The number of rotatable bonds is 5. The second-order valence-corrected chi connectivity index (χ2v) is 3.58. The summed E-state index contributed by atoms with van der Waals surface area (Å²) in [5, 5.41) is 0. The first-order valence-electron chi connectivity index (χ1n) is 4.95. The van der Waals surface area contributed by atoms with Gasteiger partial charge < -0.3 is 4.74 Å². The van der Waals surface area contributed by atoms with Crippen LogP contribution in [-0.2, 0) is 4.74 Å². The van der Waals surface area contributed by atoms with Gasteiger partial charge in [-0.1, -0.05) is 0 Å². The average molecular weight is 249 g/mol. The van der Waals surface area contributed by atoms with Gasteiger partial charge in [-0.2, -0.15) is 13.2 Å². The van der Waals surface area contributed by atoms with Crippen LogP contribution < -0.4 is 11.3 Å². The molecule has 0 radical (unpaired) electrons. The number of nitrogens with one attached hydrogen (secondary N) is 1. The molecule has 0 aliphatic carbocycles. The Morgan fingerprint density at radius 2 is 2.24 bits per heavy atom. The highest BCUT2D eigenvalue weighted by Crippen LogP contribution is 2.18. The van der Waals surface area contributed by atoms with Crippen molar-refractivity contribution in [2.75, 3.05) is 13.2 Å². The standard InChI is InChI=1S/C10H14F3N3O/c1-7-2-3-15-4-8(7)9(16-14)5-17-6-10(11,12)13/h2-4,9,16H,5-6,14H2,1H3. The Balaban J connectivity index is 2.58. The van der Waals surface area contributed by atoms with Crippen molar-refractivity contribution in [2.24, 2.45) is 5.84 Å². The summed E-state index contributed by atoms with van der Waals surface area (Å²) in [5.41, 5.74) is 4.02. The lowest BCUT2D eigenvalue weighted by Gasteiger charge is -2.18. The Morgan fingerprint density at radius 3 is 2.76 bits per heavy atom. The summed E-state index contributed by atoms with van der Waals surface area (Å²) < 4.78 is 40.3. The number of hydrazine groups is 1. The molecule has 7 heteroatoms. The quantitative estimate of drug-likeness (QED) is 0.613. The summed E-state index contributed by atoms with van der Waals surface area (Å²) in [5.74, 6) is 5.28. The van der Waals surface area contributed by atoms with E-state index in [0.29, 0.717) is 0 Å². The van der Waals surface area contributed by atoms with Crippen molar-refractivity contribution in [3.8, 4) is 0 Å². The molecule has 0 bridgehead atoms. The molecule has 1 rings (SSSR count). The maximum Gasteiger partial charge on any atom is 0.411 e. The molecule has 0 aliphatic heterocycles. The van der Waals surface area contributed by atoms with E-state index in [-0.39, 0.29) is 6.61 Å². The number of pyridine rings is 1. The SMILES string of the molecule is Cc1ccncc1C(COCC(F)(F)F)NN. The van der Waals surface area contributed by atoms with Gasteiger partial charge in [-0.25, -0.2) is 0 Å². The fourth-order valence-corrected chi connectivity index (χ4v) is 1.36. The number of aryl methyl sites for hydroxylation is 1. The molecule has 1 aromatic heterocycles. The molecule has 0 aromatic carbocycles. The molecule has 17 heavy (non-hydrogen) atoms. The number of nitrogens with two attached hydrogens (primary N) is 1. The first-order chi connectivity index (χ1) is 7.94. The lowest BCUT2D eigenvalue weighted by Crippen LogP contribution is -2.33. The molecule has 1 heterocycles. The molecule has 1 aromatic rings. The van der Waals surface area contributed by atoms with Gasteiger partial charge in [0.15, 0.2) is 0 Å². The molecular formula is C10H14F3N3O. The zero-order valence-corrected chi connectivity index (χ0v) is 9.29. The van der Waals surface area contributed by atoms with E-state index in [2.05, 4.69) is 15.1 Å². The van der Waals surface area contributed by atoms with Crippen molar-refractivity contribution in [3.63, 3.8) is 0 Å². The third kappa shape index (κ3) is 4.68. The van der Waals surface area contributed by atoms with Crippen LogP contribution in [0.5, 0.6) is 0 Å². The summed E-state index contributed by atoms with van der Waals surface area (Å²) in [6.07, 6.45) is -1.18. The Kier molecular flexibility index (Phi) is 4.86. The van der Waals surface area contributed by atoms with Crippen LogP contribution in [0.2, 0.25) is 0 Å². The minimum atomic E-state index is -4.33. The Morgan fingerprint density at radius 1 is 1.53 bits per heavy atom. The molecule has 1 unspecified atom stereocenters. The normalized spacial score (nSPS) is 13.7. The van der Waals surface area contributed by atoms with Gasteiger partial charge in [-0.3, -0.25) is 16.3 Å². The van der Waals surface area contributed by atoms with Crippen LogP contribution in [0.15, 0.2) is 18.5 Å². The fourth-order valence-electron chi connectivity index (χ4n) is 1.36. The van der Waals surface area contributed by atoms with Crippen molar-refractivity contribution in [1.29, 1.82) is 0 Å². The highest BCUT2D eigenvalue weighted by atomic mass is 19.4. The molecule has 0 aliphatic rings. The van der Waals surface area contributed by atoms with Gasteiger partial charge in [-0.05, 0) is 24.1 Å².